The van der Waals surface area contributed by atoms with Crippen LogP contribution < -0.4 is 11.1 Å². The molecule has 188 valence electrons. The Hall–Kier alpha value is -2.43. The first-order valence-corrected chi connectivity index (χ1v) is 13.3. The van der Waals surface area contributed by atoms with Gasteiger partial charge in [0.15, 0.2) is 14.8 Å². The number of aliphatic carboxylic acids is 1. The van der Waals surface area contributed by atoms with Crippen LogP contribution in [0.2, 0.25) is 10.0 Å². The first-order valence-electron chi connectivity index (χ1n) is 11.0. The zero-order valence-corrected chi connectivity index (χ0v) is 21.4. The summed E-state index contributed by atoms with van der Waals surface area (Å²) in [5.41, 5.74) is 6.65. The molecule has 35 heavy (non-hydrogen) atoms. The van der Waals surface area contributed by atoms with Crippen molar-refractivity contribution < 1.29 is 23.1 Å². The van der Waals surface area contributed by atoms with Crippen LogP contribution in [0.25, 0.3) is 0 Å². The highest BCUT2D eigenvalue weighted by Crippen LogP contribution is 2.42. The number of unbranched alkanes of at least 4 members (excludes halogenated alkanes) is 1. The molecule has 1 aromatic heterocycles. The third-order valence-corrected chi connectivity index (χ3v) is 8.60. The van der Waals surface area contributed by atoms with Crippen LogP contribution in [0.15, 0.2) is 66.5 Å². The van der Waals surface area contributed by atoms with Crippen molar-refractivity contribution in [2.75, 3.05) is 11.9 Å². The monoisotopic (exact) mass is 539 g/mol. The van der Waals surface area contributed by atoms with Crippen molar-refractivity contribution in [3.8, 4) is 0 Å². The third kappa shape index (κ3) is 6.23. The van der Waals surface area contributed by atoms with E-state index in [1.54, 1.807) is 30.5 Å². The summed E-state index contributed by atoms with van der Waals surface area (Å²) in [6, 6.07) is 7.72. The number of aromatic nitrogens is 1. The van der Waals surface area contributed by atoms with Crippen LogP contribution in [0.3, 0.4) is 0 Å². The number of hydrogen-bond acceptors (Lipinski definition) is 7. The van der Waals surface area contributed by atoms with Crippen LogP contribution in [0.4, 0.5) is 5.82 Å². The van der Waals surface area contributed by atoms with E-state index in [9.17, 15) is 18.3 Å². The van der Waals surface area contributed by atoms with E-state index in [2.05, 4.69) is 10.3 Å². The van der Waals surface area contributed by atoms with Gasteiger partial charge < -0.3 is 20.9 Å². The quantitative estimate of drug-likeness (QED) is 0.349. The Morgan fingerprint density at radius 2 is 2.00 bits per heavy atom. The van der Waals surface area contributed by atoms with Crippen molar-refractivity contribution in [1.29, 1.82) is 0 Å². The number of nitrogens with zero attached hydrogens (tertiary/aromatic N) is 1. The van der Waals surface area contributed by atoms with Gasteiger partial charge in [-0.1, -0.05) is 48.7 Å². The molecule has 1 aromatic carbocycles. The number of halogens is 2. The molecule has 0 saturated heterocycles. The lowest BCUT2D eigenvalue weighted by molar-refractivity contribution is -0.138. The third-order valence-electron chi connectivity index (χ3n) is 5.55. The molecule has 8 nitrogen and oxygen atoms in total. The highest BCUT2D eigenvalue weighted by Gasteiger charge is 2.51. The van der Waals surface area contributed by atoms with Gasteiger partial charge >= 0.3 is 5.97 Å². The van der Waals surface area contributed by atoms with Gasteiger partial charge in [-0.3, -0.25) is 4.79 Å². The fourth-order valence-corrected chi connectivity index (χ4v) is 6.53. The predicted octanol–water partition coefficient (Wildman–Crippen LogP) is 4.73. The number of pyridine rings is 1. The fraction of sp³-hybridized carbons (Fsp3) is 0.333. The second-order valence-electron chi connectivity index (χ2n) is 8.08. The van der Waals surface area contributed by atoms with Gasteiger partial charge in [0, 0.05) is 35.0 Å². The molecule has 0 amide bonds. The molecule has 1 aliphatic rings. The zero-order chi connectivity index (χ0) is 25.6. The Balaban J connectivity index is 2.05. The molecule has 0 fully saturated rings. The average molecular weight is 540 g/mol. The molecule has 1 aliphatic carbocycles. The van der Waals surface area contributed by atoms with Gasteiger partial charge in [-0.05, 0) is 54.5 Å². The van der Waals surface area contributed by atoms with Gasteiger partial charge in [-0.25, -0.2) is 13.4 Å². The number of allylic oxidation sites excluding steroid dienone is 1. The van der Waals surface area contributed by atoms with Gasteiger partial charge in [0.25, 0.3) is 0 Å². The summed E-state index contributed by atoms with van der Waals surface area (Å²) in [5, 5.41) is 11.4. The minimum Gasteiger partial charge on any atom is -0.480 e. The Bertz CT molecular complexity index is 1200. The molecule has 0 radical (unpaired) electrons. The summed E-state index contributed by atoms with van der Waals surface area (Å²) in [4.78, 5) is 14.3. The number of ether oxygens (including phenoxy) is 1. The van der Waals surface area contributed by atoms with Crippen molar-refractivity contribution in [1.82, 2.24) is 4.98 Å². The minimum atomic E-state index is -4.41. The number of carboxylic acids is 1. The summed E-state index contributed by atoms with van der Waals surface area (Å²) in [6.07, 6.45) is 7.64. The van der Waals surface area contributed by atoms with Crippen LogP contribution in [0.5, 0.6) is 0 Å². The summed E-state index contributed by atoms with van der Waals surface area (Å²) in [6.45, 7) is 2.11. The normalized spacial score (nSPS) is 19.6. The molecular weight excluding hydrogens is 513 g/mol. The standard InChI is InChI=1S/C24H27Cl2N3O5S/c1-2-3-12-34-24(9-7-19(8-10-24)29-20-6-4-5-11-28-20)35(32,33)22(21(27)23(30)31)16-13-17(25)15-18(26)14-16/h4-9,11,13-15,21-22H,2-3,10,12,27H2,1H3,(H,28,29)(H,30,31). The largest absolute Gasteiger partial charge is 0.480 e. The maximum absolute atomic E-state index is 14.2. The first-order chi connectivity index (χ1) is 16.6. The van der Waals surface area contributed by atoms with E-state index in [-0.39, 0.29) is 28.6 Å². The molecule has 0 aliphatic heterocycles. The van der Waals surface area contributed by atoms with Gasteiger partial charge in [0.05, 0.1) is 0 Å². The molecular formula is C24H27Cl2N3O5S. The molecule has 3 rings (SSSR count). The molecule has 0 bridgehead atoms. The van der Waals surface area contributed by atoms with Crippen LogP contribution in [-0.4, -0.2) is 42.1 Å². The maximum atomic E-state index is 14.2. The van der Waals surface area contributed by atoms with E-state index in [0.29, 0.717) is 17.9 Å². The maximum Gasteiger partial charge on any atom is 0.322 e. The second-order valence-corrected chi connectivity index (χ2v) is 11.2. The van der Waals surface area contributed by atoms with Crippen LogP contribution in [0.1, 0.15) is 37.0 Å². The SMILES string of the molecule is CCCCOC1(S(=O)(=O)C(c2cc(Cl)cc(Cl)c2)C(N)C(=O)O)C=CC(Nc2ccccn2)=CC1. The molecule has 3 unspecified atom stereocenters. The smallest absolute Gasteiger partial charge is 0.322 e. The van der Waals surface area contributed by atoms with Crippen molar-refractivity contribution >= 4 is 44.8 Å². The van der Waals surface area contributed by atoms with E-state index in [4.69, 9.17) is 33.7 Å². The fourth-order valence-electron chi connectivity index (χ4n) is 3.74. The highest BCUT2D eigenvalue weighted by molar-refractivity contribution is 7.93. The van der Waals surface area contributed by atoms with E-state index >= 15 is 0 Å². The zero-order valence-electron chi connectivity index (χ0n) is 19.0. The summed E-state index contributed by atoms with van der Waals surface area (Å²) in [7, 11) is -4.41. The Morgan fingerprint density at radius 1 is 1.29 bits per heavy atom. The van der Waals surface area contributed by atoms with E-state index in [1.165, 1.54) is 24.3 Å². The molecule has 11 heteroatoms. The van der Waals surface area contributed by atoms with Crippen LogP contribution in [0, 0.1) is 0 Å². The van der Waals surface area contributed by atoms with Crippen molar-refractivity contribution in [3.05, 3.63) is 82.1 Å². The summed E-state index contributed by atoms with van der Waals surface area (Å²) < 4.78 is 34.3. The van der Waals surface area contributed by atoms with Gasteiger partial charge in [-0.15, -0.1) is 0 Å². The van der Waals surface area contributed by atoms with E-state index < -0.39 is 32.0 Å². The average Bonchev–Trinajstić information content (AvgIpc) is 2.80. The van der Waals surface area contributed by atoms with Crippen LogP contribution in [-0.2, 0) is 19.4 Å². The molecule has 1 heterocycles. The van der Waals surface area contributed by atoms with Gasteiger partial charge in [0.2, 0.25) is 0 Å². The van der Waals surface area contributed by atoms with E-state index in [0.717, 1.165) is 6.42 Å². The first kappa shape index (κ1) is 27.2. The topological polar surface area (TPSA) is 132 Å². The lowest BCUT2D eigenvalue weighted by Crippen LogP contribution is -2.50. The predicted molar refractivity (Wildman–Crippen MR) is 137 cm³/mol. The van der Waals surface area contributed by atoms with Gasteiger partial charge in [0.1, 0.15) is 17.1 Å². The molecule has 0 saturated carbocycles. The van der Waals surface area contributed by atoms with Crippen molar-refractivity contribution in [2.24, 2.45) is 5.73 Å². The Morgan fingerprint density at radius 3 is 2.54 bits per heavy atom. The number of hydrogen-bond donors (Lipinski definition) is 3. The molecule has 3 atom stereocenters. The van der Waals surface area contributed by atoms with Crippen molar-refractivity contribution in [3.63, 3.8) is 0 Å². The minimum absolute atomic E-state index is 0.0676. The van der Waals surface area contributed by atoms with E-state index in [1.807, 2.05) is 13.0 Å². The summed E-state index contributed by atoms with van der Waals surface area (Å²) in [5.74, 6) is -0.892. The number of nitrogens with one attached hydrogen (secondary N) is 1. The molecule has 4 N–H and O–H groups in total. The number of nitrogens with two attached hydrogens (primary N) is 1. The lowest BCUT2D eigenvalue weighted by Gasteiger charge is -2.36. The second kappa shape index (κ2) is 11.5. The van der Waals surface area contributed by atoms with Crippen molar-refractivity contribution in [2.45, 2.75) is 42.4 Å². The number of sulfone groups is 1. The molecule has 2 aromatic rings. The Labute approximate surface area is 214 Å². The number of carboxylic acid groups (broad SMARTS) is 1. The number of carbonyl (C=O) groups is 1. The van der Waals surface area contributed by atoms with Gasteiger partial charge in [-0.2, -0.15) is 0 Å². The highest BCUT2D eigenvalue weighted by atomic mass is 35.5. The summed E-state index contributed by atoms with van der Waals surface area (Å²) >= 11 is 12.2. The molecule has 0 spiro atoms. The number of anilines is 1. The lowest BCUT2D eigenvalue weighted by atomic mass is 10.1. The van der Waals surface area contributed by atoms with Crippen LogP contribution >= 0.6 is 23.2 Å². The number of benzene rings is 1. The Kier molecular flexibility index (Phi) is 8.95. The number of rotatable bonds is 11.